The van der Waals surface area contributed by atoms with Crippen molar-refractivity contribution in [3.63, 3.8) is 0 Å². The summed E-state index contributed by atoms with van der Waals surface area (Å²) in [4.78, 5) is 5.80. The highest BCUT2D eigenvalue weighted by molar-refractivity contribution is 7.54. The summed E-state index contributed by atoms with van der Waals surface area (Å²) < 4.78 is 23.7. The fourth-order valence-electron chi connectivity index (χ4n) is 2.47. The van der Waals surface area contributed by atoms with Crippen molar-refractivity contribution >= 4 is 19.2 Å². The van der Waals surface area contributed by atoms with Gasteiger partial charge in [-0.1, -0.05) is 29.8 Å². The van der Waals surface area contributed by atoms with Gasteiger partial charge in [0.05, 0.1) is 13.2 Å². The molecule has 0 saturated carbocycles. The standard InChI is InChI=1S/C14H21ClNO4P/c1-4-18-21(17,19-5-2)14-10-13(20-16(14)3)11-8-6-7-9-12(11)15/h6-9,13-14H,4-5,10H2,1-3H3/t13-,14+/m1/s1. The smallest absolute Gasteiger partial charge is 0.308 e. The molecule has 0 radical (unpaired) electrons. The summed E-state index contributed by atoms with van der Waals surface area (Å²) in [5.74, 6) is -0.432. The molecular weight excluding hydrogens is 313 g/mol. The van der Waals surface area contributed by atoms with Gasteiger partial charge in [-0.25, -0.2) is 0 Å². The minimum atomic E-state index is -3.24. The van der Waals surface area contributed by atoms with Crippen LogP contribution in [0.25, 0.3) is 0 Å². The van der Waals surface area contributed by atoms with Crippen molar-refractivity contribution in [1.82, 2.24) is 5.06 Å². The summed E-state index contributed by atoms with van der Waals surface area (Å²) in [5, 5.41) is 2.21. The molecule has 0 aromatic heterocycles. The lowest BCUT2D eigenvalue weighted by molar-refractivity contribution is -0.137. The van der Waals surface area contributed by atoms with Gasteiger partial charge >= 0.3 is 7.60 Å². The molecular formula is C14H21ClNO4P. The largest absolute Gasteiger partial charge is 0.350 e. The van der Waals surface area contributed by atoms with Crippen LogP contribution in [-0.2, 0) is 18.5 Å². The van der Waals surface area contributed by atoms with Crippen LogP contribution in [0.5, 0.6) is 0 Å². The minimum absolute atomic E-state index is 0.247. The molecule has 1 aliphatic rings. The van der Waals surface area contributed by atoms with Crippen LogP contribution >= 0.6 is 19.2 Å². The van der Waals surface area contributed by atoms with E-state index in [4.69, 9.17) is 25.5 Å². The SMILES string of the molecule is CCOP(=O)(OCC)[C@H]1C[C@H](c2ccccc2Cl)ON1C. The van der Waals surface area contributed by atoms with Gasteiger partial charge in [0.15, 0.2) is 0 Å². The van der Waals surface area contributed by atoms with Crippen molar-refractivity contribution in [2.45, 2.75) is 32.2 Å². The highest BCUT2D eigenvalue weighted by Gasteiger charge is 2.46. The molecule has 1 aliphatic heterocycles. The van der Waals surface area contributed by atoms with Crippen molar-refractivity contribution in [2.24, 2.45) is 0 Å². The number of hydrogen-bond acceptors (Lipinski definition) is 5. The molecule has 5 nitrogen and oxygen atoms in total. The fraction of sp³-hybridized carbons (Fsp3) is 0.571. The molecule has 21 heavy (non-hydrogen) atoms. The first-order valence-electron chi connectivity index (χ1n) is 7.04. The average molecular weight is 334 g/mol. The maximum Gasteiger partial charge on any atom is 0.350 e. The monoisotopic (exact) mass is 333 g/mol. The van der Waals surface area contributed by atoms with E-state index in [0.29, 0.717) is 24.7 Å². The topological polar surface area (TPSA) is 48.0 Å². The van der Waals surface area contributed by atoms with Crippen molar-refractivity contribution < 1.29 is 18.5 Å². The zero-order valence-corrected chi connectivity index (χ0v) is 14.1. The number of halogens is 1. The molecule has 2 atom stereocenters. The highest BCUT2D eigenvalue weighted by Crippen LogP contribution is 2.59. The lowest BCUT2D eigenvalue weighted by Gasteiger charge is -2.25. The Morgan fingerprint density at radius 2 is 1.95 bits per heavy atom. The molecule has 0 spiro atoms. The summed E-state index contributed by atoms with van der Waals surface area (Å²) in [6, 6.07) is 7.50. The predicted octanol–water partition coefficient (Wildman–Crippen LogP) is 4.24. The lowest BCUT2D eigenvalue weighted by atomic mass is 10.1. The summed E-state index contributed by atoms with van der Waals surface area (Å²) in [7, 11) is -1.50. The van der Waals surface area contributed by atoms with E-state index in [2.05, 4.69) is 0 Å². The molecule has 1 aromatic rings. The molecule has 118 valence electrons. The Bertz CT molecular complexity index is 517. The average Bonchev–Trinajstić information content (AvgIpc) is 2.82. The molecule has 1 saturated heterocycles. The van der Waals surface area contributed by atoms with E-state index in [0.717, 1.165) is 5.56 Å². The number of nitrogens with zero attached hydrogens (tertiary/aromatic N) is 1. The molecule has 7 heteroatoms. The van der Waals surface area contributed by atoms with Crippen LogP contribution in [0.4, 0.5) is 0 Å². The van der Waals surface area contributed by atoms with Gasteiger partial charge in [-0.2, -0.15) is 5.06 Å². The Labute approximate surface area is 130 Å². The first kappa shape index (κ1) is 16.9. The van der Waals surface area contributed by atoms with Crippen LogP contribution in [0, 0.1) is 0 Å². The van der Waals surface area contributed by atoms with Gasteiger partial charge in [-0.3, -0.25) is 9.40 Å². The van der Waals surface area contributed by atoms with Crippen molar-refractivity contribution in [1.29, 1.82) is 0 Å². The fourth-order valence-corrected chi connectivity index (χ4v) is 4.77. The Morgan fingerprint density at radius 3 is 2.52 bits per heavy atom. The third-order valence-electron chi connectivity index (χ3n) is 3.37. The van der Waals surface area contributed by atoms with E-state index >= 15 is 0 Å². The molecule has 2 rings (SSSR count). The lowest BCUT2D eigenvalue weighted by Crippen LogP contribution is -2.25. The van der Waals surface area contributed by atoms with Crippen molar-refractivity contribution in [3.8, 4) is 0 Å². The normalized spacial score (nSPS) is 23.6. The summed E-state index contributed by atoms with van der Waals surface area (Å²) in [5.41, 5.74) is 0.882. The number of rotatable bonds is 6. The maximum absolute atomic E-state index is 12.9. The van der Waals surface area contributed by atoms with Crippen LogP contribution in [0.15, 0.2) is 24.3 Å². The van der Waals surface area contributed by atoms with Gasteiger partial charge in [0.2, 0.25) is 0 Å². The van der Waals surface area contributed by atoms with Crippen LogP contribution in [0.1, 0.15) is 31.9 Å². The van der Waals surface area contributed by atoms with E-state index in [1.54, 1.807) is 26.0 Å². The van der Waals surface area contributed by atoms with E-state index in [9.17, 15) is 4.57 Å². The Kier molecular flexibility index (Phi) is 5.83. The van der Waals surface area contributed by atoms with E-state index < -0.39 is 13.4 Å². The first-order valence-corrected chi connectivity index (χ1v) is 9.03. The van der Waals surface area contributed by atoms with Gasteiger partial charge in [-0.15, -0.1) is 0 Å². The van der Waals surface area contributed by atoms with Gasteiger partial charge < -0.3 is 9.05 Å². The van der Waals surface area contributed by atoms with Gasteiger partial charge in [-0.05, 0) is 19.9 Å². The molecule has 0 amide bonds. The second-order valence-electron chi connectivity index (χ2n) is 4.75. The predicted molar refractivity (Wildman–Crippen MR) is 82.3 cm³/mol. The number of benzene rings is 1. The van der Waals surface area contributed by atoms with Gasteiger partial charge in [0.25, 0.3) is 0 Å². The second-order valence-corrected chi connectivity index (χ2v) is 7.35. The number of hydroxylamine groups is 2. The summed E-state index contributed by atoms with van der Waals surface area (Å²) in [6.07, 6.45) is 0.264. The van der Waals surface area contributed by atoms with Gasteiger partial charge in [0, 0.05) is 24.1 Å². The second kappa shape index (κ2) is 7.23. The molecule has 1 heterocycles. The molecule has 0 N–H and O–H groups in total. The molecule has 0 bridgehead atoms. The first-order chi connectivity index (χ1) is 10.0. The Balaban J connectivity index is 2.21. The third kappa shape index (κ3) is 3.67. The summed E-state index contributed by atoms with van der Waals surface area (Å²) >= 11 is 6.21. The maximum atomic E-state index is 12.9. The minimum Gasteiger partial charge on any atom is -0.308 e. The van der Waals surface area contributed by atoms with Crippen LogP contribution in [0.3, 0.4) is 0 Å². The number of hydrogen-bond donors (Lipinski definition) is 0. The van der Waals surface area contributed by atoms with Crippen molar-refractivity contribution in [2.75, 3.05) is 20.3 Å². The Hall–Kier alpha value is -0.420. The van der Waals surface area contributed by atoms with Crippen molar-refractivity contribution in [3.05, 3.63) is 34.9 Å². The third-order valence-corrected chi connectivity index (χ3v) is 6.22. The van der Waals surface area contributed by atoms with E-state index in [1.807, 2.05) is 24.3 Å². The molecule has 0 aliphatic carbocycles. The van der Waals surface area contributed by atoms with E-state index in [-0.39, 0.29) is 6.10 Å². The zero-order chi connectivity index (χ0) is 15.5. The molecule has 1 fully saturated rings. The molecule has 0 unspecified atom stereocenters. The Morgan fingerprint density at radius 1 is 1.33 bits per heavy atom. The quantitative estimate of drug-likeness (QED) is 0.729. The van der Waals surface area contributed by atoms with Crippen LogP contribution < -0.4 is 0 Å². The molecule has 1 aromatic carbocycles. The zero-order valence-electron chi connectivity index (χ0n) is 12.5. The van der Waals surface area contributed by atoms with Gasteiger partial charge in [0.1, 0.15) is 11.9 Å². The highest BCUT2D eigenvalue weighted by atomic mass is 35.5. The van der Waals surface area contributed by atoms with E-state index in [1.165, 1.54) is 0 Å². The summed E-state index contributed by atoms with van der Waals surface area (Å²) in [6.45, 7) is 4.26. The van der Waals surface area contributed by atoms with Crippen LogP contribution in [0.2, 0.25) is 5.02 Å². The van der Waals surface area contributed by atoms with Crippen LogP contribution in [-0.4, -0.2) is 31.1 Å².